The molecule has 0 saturated carbocycles. The first-order valence-electron chi connectivity index (χ1n) is 6.54. The normalized spacial score (nSPS) is 12.0. The van der Waals surface area contributed by atoms with E-state index < -0.39 is 15.8 Å². The zero-order valence-corrected chi connectivity index (χ0v) is 13.5. The van der Waals surface area contributed by atoms with Crippen LogP contribution in [0.5, 0.6) is 0 Å². The smallest absolute Gasteiger partial charge is 0.278 e. The second-order valence-electron chi connectivity index (χ2n) is 4.65. The van der Waals surface area contributed by atoms with Gasteiger partial charge in [-0.25, -0.2) is 9.37 Å². The molecule has 0 spiro atoms. The summed E-state index contributed by atoms with van der Waals surface area (Å²) in [5.74, 6) is -0.431. The molecule has 0 atom stereocenters. The Kier molecular flexibility index (Phi) is 3.61. The Balaban J connectivity index is 2.09. The van der Waals surface area contributed by atoms with E-state index in [9.17, 15) is 12.8 Å². The Morgan fingerprint density at radius 1 is 1.32 bits per heavy atom. The summed E-state index contributed by atoms with van der Waals surface area (Å²) in [4.78, 5) is 4.85. The van der Waals surface area contributed by atoms with E-state index in [1.807, 2.05) is 6.92 Å². The predicted molar refractivity (Wildman–Crippen MR) is 82.2 cm³/mol. The lowest BCUT2D eigenvalue weighted by Crippen LogP contribution is -2.17. The van der Waals surface area contributed by atoms with Gasteiger partial charge in [0.2, 0.25) is 9.99 Å². The van der Waals surface area contributed by atoms with Crippen molar-refractivity contribution in [1.29, 1.82) is 0 Å². The van der Waals surface area contributed by atoms with Crippen molar-refractivity contribution in [1.82, 2.24) is 14.6 Å². The van der Waals surface area contributed by atoms with E-state index in [4.69, 9.17) is 0 Å². The number of hydrogen-bond donors (Lipinski definition) is 1. The minimum absolute atomic E-state index is 0.0266. The van der Waals surface area contributed by atoms with E-state index in [-0.39, 0.29) is 10.7 Å². The summed E-state index contributed by atoms with van der Waals surface area (Å²) in [5.41, 5.74) is 0.735. The largest absolute Gasteiger partial charge is 0.281 e. The number of rotatable bonds is 4. The molecular weight excluding hydrogens is 327 g/mol. The van der Waals surface area contributed by atoms with Crippen molar-refractivity contribution in [2.75, 3.05) is 4.72 Å². The van der Waals surface area contributed by atoms with Crippen LogP contribution >= 0.6 is 11.3 Å². The average molecular weight is 340 g/mol. The summed E-state index contributed by atoms with van der Waals surface area (Å²) >= 11 is 1.33. The standard InChI is InChI=1S/C13H13FN4O2S2/c1-3-11-12(18-13(15-11)21-8(2)16-18)22(19,20)17-10-6-4-9(14)5-7-10/h4-7,17H,3H2,1-2H3. The predicted octanol–water partition coefficient (Wildman–Crippen LogP) is 2.60. The highest BCUT2D eigenvalue weighted by Gasteiger charge is 2.26. The Morgan fingerprint density at radius 3 is 2.64 bits per heavy atom. The van der Waals surface area contributed by atoms with Crippen LogP contribution in [0.15, 0.2) is 29.3 Å². The van der Waals surface area contributed by atoms with Crippen molar-refractivity contribution in [3.8, 4) is 0 Å². The quantitative estimate of drug-likeness (QED) is 0.792. The topological polar surface area (TPSA) is 76.4 Å². The zero-order chi connectivity index (χ0) is 15.9. The van der Waals surface area contributed by atoms with Gasteiger partial charge in [-0.15, -0.1) is 0 Å². The Hall–Kier alpha value is -2.00. The first-order valence-corrected chi connectivity index (χ1v) is 8.84. The molecule has 0 bridgehead atoms. The summed E-state index contributed by atoms with van der Waals surface area (Å²) in [6.07, 6.45) is 0.467. The third kappa shape index (κ3) is 2.57. The van der Waals surface area contributed by atoms with Gasteiger partial charge in [0.1, 0.15) is 10.8 Å². The first-order chi connectivity index (χ1) is 10.4. The van der Waals surface area contributed by atoms with Crippen molar-refractivity contribution in [2.45, 2.75) is 25.3 Å². The van der Waals surface area contributed by atoms with Gasteiger partial charge in [-0.3, -0.25) is 4.72 Å². The molecule has 0 aliphatic carbocycles. The molecule has 0 radical (unpaired) electrons. The number of anilines is 1. The monoisotopic (exact) mass is 340 g/mol. The number of sulfonamides is 1. The third-order valence-corrected chi connectivity index (χ3v) is 5.26. The maximum Gasteiger partial charge on any atom is 0.281 e. The molecule has 1 aromatic carbocycles. The number of hydrogen-bond acceptors (Lipinski definition) is 5. The van der Waals surface area contributed by atoms with Crippen LogP contribution in [0.1, 0.15) is 17.6 Å². The zero-order valence-electron chi connectivity index (χ0n) is 11.9. The van der Waals surface area contributed by atoms with Crippen LogP contribution in [0.2, 0.25) is 0 Å². The van der Waals surface area contributed by atoms with Gasteiger partial charge in [-0.05, 0) is 37.6 Å². The molecule has 22 heavy (non-hydrogen) atoms. The van der Waals surface area contributed by atoms with Crippen molar-refractivity contribution in [2.24, 2.45) is 0 Å². The van der Waals surface area contributed by atoms with Crippen LogP contribution in [-0.2, 0) is 16.4 Å². The molecule has 0 unspecified atom stereocenters. The second-order valence-corrected chi connectivity index (χ2v) is 7.40. The van der Waals surface area contributed by atoms with Gasteiger partial charge < -0.3 is 0 Å². The molecule has 1 N–H and O–H groups in total. The molecule has 9 heteroatoms. The first kappa shape index (κ1) is 14.9. The molecule has 0 aliphatic rings. The van der Waals surface area contributed by atoms with Crippen LogP contribution in [0.3, 0.4) is 0 Å². The summed E-state index contributed by atoms with van der Waals surface area (Å²) < 4.78 is 42.0. The number of benzene rings is 1. The van der Waals surface area contributed by atoms with Crippen molar-refractivity contribution in [3.05, 3.63) is 40.8 Å². The maximum atomic E-state index is 12.9. The van der Waals surface area contributed by atoms with E-state index in [2.05, 4.69) is 14.8 Å². The number of aryl methyl sites for hydroxylation is 2. The Morgan fingerprint density at radius 2 is 2.00 bits per heavy atom. The summed E-state index contributed by atoms with van der Waals surface area (Å²) in [6, 6.07) is 5.11. The number of nitrogens with zero attached hydrogens (tertiary/aromatic N) is 3. The highest BCUT2D eigenvalue weighted by atomic mass is 32.2. The van der Waals surface area contributed by atoms with Crippen LogP contribution in [0, 0.1) is 12.7 Å². The minimum atomic E-state index is -3.87. The minimum Gasteiger partial charge on any atom is -0.278 e. The number of nitrogens with one attached hydrogen (secondary N) is 1. The number of imidazole rings is 1. The van der Waals surface area contributed by atoms with Gasteiger partial charge >= 0.3 is 0 Å². The number of fused-ring (bicyclic) bond motifs is 1. The lowest BCUT2D eigenvalue weighted by Gasteiger charge is -2.08. The van der Waals surface area contributed by atoms with Crippen molar-refractivity contribution >= 4 is 32.0 Å². The molecule has 3 aromatic rings. The summed E-state index contributed by atoms with van der Waals surface area (Å²) in [7, 11) is -3.87. The van der Waals surface area contributed by atoms with Gasteiger partial charge in [0.25, 0.3) is 10.0 Å². The maximum absolute atomic E-state index is 12.9. The molecule has 2 heterocycles. The van der Waals surface area contributed by atoms with E-state index >= 15 is 0 Å². The van der Waals surface area contributed by atoms with Crippen LogP contribution in [0.4, 0.5) is 10.1 Å². The fraction of sp³-hybridized carbons (Fsp3) is 0.231. The highest BCUT2D eigenvalue weighted by Crippen LogP contribution is 2.24. The Labute approximate surface area is 130 Å². The van der Waals surface area contributed by atoms with E-state index in [1.165, 1.54) is 40.1 Å². The second kappa shape index (κ2) is 5.33. The lowest BCUT2D eigenvalue weighted by molar-refractivity contribution is 0.591. The molecule has 6 nitrogen and oxygen atoms in total. The molecule has 116 valence electrons. The van der Waals surface area contributed by atoms with Gasteiger partial charge in [0.05, 0.1) is 5.69 Å². The van der Waals surface area contributed by atoms with Crippen molar-refractivity contribution in [3.63, 3.8) is 0 Å². The van der Waals surface area contributed by atoms with Crippen LogP contribution in [-0.4, -0.2) is 23.0 Å². The number of aromatic nitrogens is 3. The van der Waals surface area contributed by atoms with E-state index in [1.54, 1.807) is 6.92 Å². The van der Waals surface area contributed by atoms with Crippen LogP contribution in [0.25, 0.3) is 4.96 Å². The molecule has 0 saturated heterocycles. The Bertz CT molecular complexity index is 929. The average Bonchev–Trinajstić information content (AvgIpc) is 2.96. The summed E-state index contributed by atoms with van der Waals surface area (Å²) in [5, 5.41) is 4.95. The van der Waals surface area contributed by atoms with E-state index in [0.717, 1.165) is 5.01 Å². The molecule has 0 amide bonds. The van der Waals surface area contributed by atoms with Gasteiger partial charge in [-0.1, -0.05) is 18.3 Å². The molecule has 0 aliphatic heterocycles. The van der Waals surface area contributed by atoms with Gasteiger partial charge in [-0.2, -0.15) is 18.0 Å². The third-order valence-electron chi connectivity index (χ3n) is 3.02. The van der Waals surface area contributed by atoms with E-state index in [0.29, 0.717) is 17.1 Å². The van der Waals surface area contributed by atoms with Gasteiger partial charge in [0, 0.05) is 5.69 Å². The lowest BCUT2D eigenvalue weighted by atomic mass is 10.3. The molecule has 2 aromatic heterocycles. The van der Waals surface area contributed by atoms with Crippen molar-refractivity contribution < 1.29 is 12.8 Å². The highest BCUT2D eigenvalue weighted by molar-refractivity contribution is 7.92. The molecule has 0 fully saturated rings. The van der Waals surface area contributed by atoms with Gasteiger partial charge in [0.15, 0.2) is 0 Å². The fourth-order valence-electron chi connectivity index (χ4n) is 2.09. The fourth-order valence-corrected chi connectivity index (χ4v) is 4.31. The molecular formula is C13H13FN4O2S2. The van der Waals surface area contributed by atoms with Crippen LogP contribution < -0.4 is 4.72 Å². The number of halogens is 1. The summed E-state index contributed by atoms with van der Waals surface area (Å²) in [6.45, 7) is 3.62. The molecule has 3 rings (SSSR count). The SMILES string of the molecule is CCc1nc2sc(C)nn2c1S(=O)(=O)Nc1ccc(F)cc1.